The second-order valence-corrected chi connectivity index (χ2v) is 8.78. The number of hydrogen-bond acceptors (Lipinski definition) is 5. The molecule has 8 heteroatoms. The molecule has 1 fully saturated rings. The van der Waals surface area contributed by atoms with Crippen molar-refractivity contribution >= 4 is 18.0 Å². The number of fused-ring (bicyclic) bond motifs is 3. The molecule has 1 heterocycles. The van der Waals surface area contributed by atoms with Crippen molar-refractivity contribution in [2.45, 2.75) is 25.3 Å². The van der Waals surface area contributed by atoms with Crippen LogP contribution in [0.25, 0.3) is 11.1 Å². The Morgan fingerprint density at radius 2 is 1.67 bits per heavy atom. The molecule has 0 bridgehead atoms. The normalized spacial score (nSPS) is 20.1. The van der Waals surface area contributed by atoms with E-state index in [2.05, 4.69) is 5.32 Å². The van der Waals surface area contributed by atoms with Gasteiger partial charge in [-0.2, -0.15) is 0 Å². The standard InChI is InChI=1S/C25H28N2O6/c1-15-11-27(12-16(15)13-28)24(31)22(10-23(29)30)26-25(32)33-14-21-19-8-4-2-6-17(19)18-7-3-5-9-20(18)21/h2-9,15-16,21-22,28H,10-14H2,1H3,(H,26,32)(H,29,30). The van der Waals surface area contributed by atoms with Crippen LogP contribution < -0.4 is 5.32 Å². The minimum atomic E-state index is -1.23. The molecule has 2 aromatic rings. The number of benzene rings is 2. The van der Waals surface area contributed by atoms with E-state index in [9.17, 15) is 24.6 Å². The first-order valence-electron chi connectivity index (χ1n) is 11.1. The van der Waals surface area contributed by atoms with E-state index >= 15 is 0 Å². The molecule has 0 radical (unpaired) electrons. The third kappa shape index (κ3) is 4.71. The highest BCUT2D eigenvalue weighted by molar-refractivity contribution is 5.89. The van der Waals surface area contributed by atoms with Gasteiger partial charge in [-0.1, -0.05) is 55.5 Å². The first kappa shape index (κ1) is 22.8. The molecule has 0 spiro atoms. The Labute approximate surface area is 192 Å². The van der Waals surface area contributed by atoms with Gasteiger partial charge < -0.3 is 25.2 Å². The third-order valence-corrected chi connectivity index (χ3v) is 6.63. The summed E-state index contributed by atoms with van der Waals surface area (Å²) in [6, 6.07) is 14.7. The maximum Gasteiger partial charge on any atom is 0.407 e. The number of carboxylic acid groups (broad SMARTS) is 1. The predicted molar refractivity (Wildman–Crippen MR) is 121 cm³/mol. The van der Waals surface area contributed by atoms with Gasteiger partial charge in [-0.25, -0.2) is 4.79 Å². The van der Waals surface area contributed by atoms with Crippen LogP contribution in [-0.4, -0.2) is 65.4 Å². The highest BCUT2D eigenvalue weighted by Gasteiger charge is 2.37. The Hall–Kier alpha value is -3.39. The molecule has 1 aliphatic heterocycles. The summed E-state index contributed by atoms with van der Waals surface area (Å²) in [7, 11) is 0. The van der Waals surface area contributed by atoms with Gasteiger partial charge in [0, 0.05) is 31.5 Å². The lowest BCUT2D eigenvalue weighted by molar-refractivity contribution is -0.142. The van der Waals surface area contributed by atoms with Crippen LogP contribution in [0.1, 0.15) is 30.4 Å². The number of carbonyl (C=O) groups is 3. The minimum Gasteiger partial charge on any atom is -0.481 e. The smallest absolute Gasteiger partial charge is 0.407 e. The maximum absolute atomic E-state index is 12.9. The predicted octanol–water partition coefficient (Wildman–Crippen LogP) is 2.46. The van der Waals surface area contributed by atoms with Crippen molar-refractivity contribution in [3.05, 3.63) is 59.7 Å². The second kappa shape index (κ2) is 9.62. The van der Waals surface area contributed by atoms with E-state index < -0.39 is 30.4 Å². The number of carboxylic acids is 1. The van der Waals surface area contributed by atoms with Gasteiger partial charge in [0.15, 0.2) is 0 Å². The van der Waals surface area contributed by atoms with Crippen LogP contribution in [0, 0.1) is 11.8 Å². The molecule has 0 saturated carbocycles. The SMILES string of the molecule is CC1CN(C(=O)C(CC(=O)O)NC(=O)OCC2c3ccccc3-c3ccccc32)CC1CO. The monoisotopic (exact) mass is 452 g/mol. The van der Waals surface area contributed by atoms with Gasteiger partial charge >= 0.3 is 12.1 Å². The Morgan fingerprint density at radius 1 is 1.06 bits per heavy atom. The molecule has 4 rings (SSSR count). The van der Waals surface area contributed by atoms with E-state index in [0.29, 0.717) is 13.1 Å². The van der Waals surface area contributed by atoms with Gasteiger partial charge in [0.25, 0.3) is 0 Å². The van der Waals surface area contributed by atoms with Crippen molar-refractivity contribution in [1.29, 1.82) is 0 Å². The lowest BCUT2D eigenvalue weighted by Crippen LogP contribution is -2.49. The third-order valence-electron chi connectivity index (χ3n) is 6.63. The van der Waals surface area contributed by atoms with E-state index in [1.54, 1.807) is 0 Å². The van der Waals surface area contributed by atoms with Crippen molar-refractivity contribution < 1.29 is 29.3 Å². The Balaban J connectivity index is 1.42. The van der Waals surface area contributed by atoms with Gasteiger partial charge in [-0.3, -0.25) is 9.59 Å². The van der Waals surface area contributed by atoms with Crippen LogP contribution in [-0.2, 0) is 14.3 Å². The van der Waals surface area contributed by atoms with Gasteiger partial charge in [-0.05, 0) is 28.2 Å². The van der Waals surface area contributed by atoms with Crippen molar-refractivity contribution in [3.63, 3.8) is 0 Å². The lowest BCUT2D eigenvalue weighted by Gasteiger charge is -2.23. The number of amides is 2. The summed E-state index contributed by atoms with van der Waals surface area (Å²) in [5, 5.41) is 21.2. The van der Waals surface area contributed by atoms with Gasteiger partial charge in [-0.15, -0.1) is 0 Å². The Kier molecular flexibility index (Phi) is 6.65. The Bertz CT molecular complexity index is 1010. The quantitative estimate of drug-likeness (QED) is 0.594. The van der Waals surface area contributed by atoms with Crippen molar-refractivity contribution in [1.82, 2.24) is 10.2 Å². The van der Waals surface area contributed by atoms with Crippen LogP contribution >= 0.6 is 0 Å². The van der Waals surface area contributed by atoms with E-state index in [-0.39, 0.29) is 31.0 Å². The average Bonchev–Trinajstić information content (AvgIpc) is 3.34. The highest BCUT2D eigenvalue weighted by Crippen LogP contribution is 2.44. The number of aliphatic hydroxyl groups is 1. The zero-order valence-electron chi connectivity index (χ0n) is 18.4. The number of rotatable bonds is 7. The summed E-state index contributed by atoms with van der Waals surface area (Å²) in [5.41, 5.74) is 4.32. The zero-order valence-corrected chi connectivity index (χ0v) is 18.4. The van der Waals surface area contributed by atoms with Crippen molar-refractivity contribution in [2.24, 2.45) is 11.8 Å². The molecule has 0 aromatic heterocycles. The molecule has 33 heavy (non-hydrogen) atoms. The summed E-state index contributed by atoms with van der Waals surface area (Å²) in [4.78, 5) is 38.3. The van der Waals surface area contributed by atoms with E-state index in [1.165, 1.54) is 4.90 Å². The topological polar surface area (TPSA) is 116 Å². The van der Waals surface area contributed by atoms with Crippen LogP contribution in [0.4, 0.5) is 4.79 Å². The summed E-state index contributed by atoms with van der Waals surface area (Å²) in [6.07, 6.45) is -1.38. The van der Waals surface area contributed by atoms with Crippen molar-refractivity contribution in [3.8, 4) is 11.1 Å². The first-order chi connectivity index (χ1) is 15.9. The summed E-state index contributed by atoms with van der Waals surface area (Å²) < 4.78 is 5.47. The number of likely N-dealkylation sites (tertiary alicyclic amines) is 1. The van der Waals surface area contributed by atoms with Gasteiger partial charge in [0.05, 0.1) is 6.42 Å². The molecule has 1 saturated heterocycles. The molecular formula is C25H28N2O6. The second-order valence-electron chi connectivity index (χ2n) is 8.78. The van der Waals surface area contributed by atoms with E-state index in [1.807, 2.05) is 55.5 Å². The number of ether oxygens (including phenoxy) is 1. The van der Waals surface area contributed by atoms with Crippen LogP contribution in [0.3, 0.4) is 0 Å². The van der Waals surface area contributed by atoms with Crippen molar-refractivity contribution in [2.75, 3.05) is 26.3 Å². The fourth-order valence-corrected chi connectivity index (χ4v) is 4.83. The molecule has 1 aliphatic carbocycles. The molecular weight excluding hydrogens is 424 g/mol. The lowest BCUT2D eigenvalue weighted by atomic mass is 9.98. The molecule has 3 unspecified atom stereocenters. The molecule has 3 atom stereocenters. The van der Waals surface area contributed by atoms with E-state index in [0.717, 1.165) is 22.3 Å². The Morgan fingerprint density at radius 3 is 2.21 bits per heavy atom. The number of hydrogen-bond donors (Lipinski definition) is 3. The van der Waals surface area contributed by atoms with E-state index in [4.69, 9.17) is 4.74 Å². The molecule has 3 N–H and O–H groups in total. The molecule has 2 amide bonds. The van der Waals surface area contributed by atoms with Crippen LogP contribution in [0.5, 0.6) is 0 Å². The van der Waals surface area contributed by atoms with Gasteiger partial charge in [0.2, 0.25) is 5.91 Å². The number of alkyl carbamates (subject to hydrolysis) is 1. The number of nitrogens with zero attached hydrogens (tertiary/aromatic N) is 1. The number of carbonyl (C=O) groups excluding carboxylic acids is 2. The summed E-state index contributed by atoms with van der Waals surface area (Å²) in [6.45, 7) is 2.69. The zero-order chi connectivity index (χ0) is 23.5. The molecule has 8 nitrogen and oxygen atoms in total. The highest BCUT2D eigenvalue weighted by atomic mass is 16.5. The molecule has 174 valence electrons. The average molecular weight is 453 g/mol. The number of aliphatic carboxylic acids is 1. The molecule has 2 aromatic carbocycles. The number of aliphatic hydroxyl groups excluding tert-OH is 1. The minimum absolute atomic E-state index is 0.0473. The van der Waals surface area contributed by atoms with Crippen LogP contribution in [0.15, 0.2) is 48.5 Å². The summed E-state index contributed by atoms with van der Waals surface area (Å²) >= 11 is 0. The fourth-order valence-electron chi connectivity index (χ4n) is 4.83. The summed E-state index contributed by atoms with van der Waals surface area (Å²) in [5.74, 6) is -1.78. The van der Waals surface area contributed by atoms with Gasteiger partial charge in [0.1, 0.15) is 12.6 Å². The number of nitrogens with one attached hydrogen (secondary N) is 1. The van der Waals surface area contributed by atoms with Crippen LogP contribution in [0.2, 0.25) is 0 Å². The molecule has 2 aliphatic rings. The fraction of sp³-hybridized carbons (Fsp3) is 0.400. The maximum atomic E-state index is 12.9. The first-order valence-corrected chi connectivity index (χ1v) is 11.1. The largest absolute Gasteiger partial charge is 0.481 e.